The predicted molar refractivity (Wildman–Crippen MR) is 85.5 cm³/mol. The second-order valence-electron chi connectivity index (χ2n) is 5.62. The Kier molecular flexibility index (Phi) is 5.76. The molecule has 1 saturated heterocycles. The zero-order chi connectivity index (χ0) is 15.5. The highest BCUT2D eigenvalue weighted by molar-refractivity contribution is 7.91. The first-order valence-corrected chi connectivity index (χ1v) is 9.91. The van der Waals surface area contributed by atoms with E-state index in [-0.39, 0.29) is 11.8 Å². The predicted octanol–water partition coefficient (Wildman–Crippen LogP) is 1.79. The van der Waals surface area contributed by atoms with Crippen LogP contribution in [0.3, 0.4) is 0 Å². The van der Waals surface area contributed by atoms with Crippen LogP contribution in [-0.4, -0.2) is 56.1 Å². The van der Waals surface area contributed by atoms with Crippen molar-refractivity contribution in [2.24, 2.45) is 0 Å². The molecule has 0 bridgehead atoms. The van der Waals surface area contributed by atoms with Crippen LogP contribution in [0.25, 0.3) is 0 Å². The Morgan fingerprint density at radius 2 is 2.19 bits per heavy atom. The lowest BCUT2D eigenvalue weighted by Gasteiger charge is -2.27. The molecule has 0 amide bonds. The molecule has 0 aliphatic carbocycles. The molecular formula is C14H24N2O3S2. The number of thiazole rings is 1. The van der Waals surface area contributed by atoms with Gasteiger partial charge in [0.1, 0.15) is 5.01 Å². The maximum Gasteiger partial charge on any atom is 0.151 e. The Labute approximate surface area is 131 Å². The summed E-state index contributed by atoms with van der Waals surface area (Å²) in [5.74, 6) is 0.595. The van der Waals surface area contributed by atoms with E-state index in [1.807, 2.05) is 6.92 Å². The Morgan fingerprint density at radius 3 is 2.71 bits per heavy atom. The van der Waals surface area contributed by atoms with Crippen molar-refractivity contribution >= 4 is 21.2 Å². The molecule has 1 aromatic heterocycles. The zero-order valence-corrected chi connectivity index (χ0v) is 14.6. The number of methoxy groups -OCH3 is 1. The molecule has 0 radical (unpaired) electrons. The average molecular weight is 332 g/mol. The Morgan fingerprint density at radius 1 is 1.43 bits per heavy atom. The van der Waals surface area contributed by atoms with E-state index in [1.54, 1.807) is 18.4 Å². The lowest BCUT2D eigenvalue weighted by Crippen LogP contribution is -2.36. The first-order chi connectivity index (χ1) is 9.91. The highest BCUT2D eigenvalue weighted by Crippen LogP contribution is 2.23. The summed E-state index contributed by atoms with van der Waals surface area (Å²) in [6.45, 7) is 6.39. The minimum absolute atomic E-state index is 0.122. The number of hydrogen-bond acceptors (Lipinski definition) is 6. The number of ether oxygens (including phenoxy) is 1. The van der Waals surface area contributed by atoms with Gasteiger partial charge in [0.2, 0.25) is 0 Å². The van der Waals surface area contributed by atoms with Gasteiger partial charge < -0.3 is 4.74 Å². The molecule has 120 valence electrons. The fourth-order valence-electron chi connectivity index (χ4n) is 2.65. The van der Waals surface area contributed by atoms with Crippen molar-refractivity contribution in [3.05, 3.63) is 15.6 Å². The van der Waals surface area contributed by atoms with E-state index in [2.05, 4.69) is 16.8 Å². The number of aryl methyl sites for hydroxylation is 2. The third kappa shape index (κ3) is 4.74. The first-order valence-electron chi connectivity index (χ1n) is 7.27. The van der Waals surface area contributed by atoms with Crippen LogP contribution in [0.15, 0.2) is 0 Å². The molecule has 1 aliphatic heterocycles. The summed E-state index contributed by atoms with van der Waals surface area (Å²) in [5.41, 5.74) is 1.07. The van der Waals surface area contributed by atoms with Crippen molar-refractivity contribution < 1.29 is 13.2 Å². The van der Waals surface area contributed by atoms with Crippen LogP contribution >= 0.6 is 11.3 Å². The van der Waals surface area contributed by atoms with Gasteiger partial charge in [0.25, 0.3) is 0 Å². The molecule has 2 rings (SSSR count). The lowest BCUT2D eigenvalue weighted by molar-refractivity contribution is 0.150. The minimum atomic E-state index is -2.86. The van der Waals surface area contributed by atoms with Gasteiger partial charge in [0, 0.05) is 31.2 Å². The molecule has 1 aromatic rings. The average Bonchev–Trinajstić information content (AvgIpc) is 2.92. The fourth-order valence-corrected chi connectivity index (χ4v) is 5.37. The quantitative estimate of drug-likeness (QED) is 0.713. The first kappa shape index (κ1) is 16.9. The van der Waals surface area contributed by atoms with Gasteiger partial charge in [-0.1, -0.05) is 0 Å². The topological polar surface area (TPSA) is 59.5 Å². The van der Waals surface area contributed by atoms with Gasteiger partial charge in [-0.05, 0) is 26.7 Å². The molecule has 1 fully saturated rings. The summed E-state index contributed by atoms with van der Waals surface area (Å²) in [4.78, 5) is 8.08. The van der Waals surface area contributed by atoms with Crippen molar-refractivity contribution in [1.82, 2.24) is 9.88 Å². The van der Waals surface area contributed by atoms with Gasteiger partial charge in [0.15, 0.2) is 9.84 Å². The maximum absolute atomic E-state index is 11.7. The summed E-state index contributed by atoms with van der Waals surface area (Å²) in [5, 5.41) is 1.08. The second-order valence-corrected chi connectivity index (χ2v) is 9.14. The summed E-state index contributed by atoms with van der Waals surface area (Å²) in [6.07, 6.45) is 1.65. The van der Waals surface area contributed by atoms with E-state index >= 15 is 0 Å². The number of nitrogens with zero attached hydrogens (tertiary/aromatic N) is 2. The van der Waals surface area contributed by atoms with Crippen molar-refractivity contribution in [3.63, 3.8) is 0 Å². The third-order valence-electron chi connectivity index (χ3n) is 3.93. The molecule has 7 heteroatoms. The van der Waals surface area contributed by atoms with Crippen molar-refractivity contribution in [2.75, 3.05) is 31.8 Å². The zero-order valence-electron chi connectivity index (χ0n) is 13.0. The van der Waals surface area contributed by atoms with E-state index in [4.69, 9.17) is 4.74 Å². The molecule has 1 atom stereocenters. The molecule has 1 aliphatic rings. The standard InChI is InChI=1S/C14H24N2O3S2/c1-11-12(2)20-14(15-11)9-16(6-4-7-19-3)13-5-8-21(17,18)10-13/h13H,4-10H2,1-3H3. The molecule has 1 unspecified atom stereocenters. The molecular weight excluding hydrogens is 308 g/mol. The van der Waals surface area contributed by atoms with E-state index in [0.29, 0.717) is 12.4 Å². The Balaban J connectivity index is 2.04. The summed E-state index contributed by atoms with van der Waals surface area (Å²) >= 11 is 1.71. The van der Waals surface area contributed by atoms with Crippen molar-refractivity contribution in [3.8, 4) is 0 Å². The van der Waals surface area contributed by atoms with Crippen LogP contribution in [0.1, 0.15) is 28.4 Å². The normalized spacial score (nSPS) is 21.2. The van der Waals surface area contributed by atoms with E-state index < -0.39 is 9.84 Å². The molecule has 0 spiro atoms. The molecule has 0 N–H and O–H groups in total. The number of sulfone groups is 1. The van der Waals surface area contributed by atoms with Crippen LogP contribution in [0, 0.1) is 13.8 Å². The summed E-state index contributed by atoms with van der Waals surface area (Å²) in [6, 6.07) is 0.122. The molecule has 0 aromatic carbocycles. The fraction of sp³-hybridized carbons (Fsp3) is 0.786. The Bertz CT molecular complexity index is 549. The number of hydrogen-bond donors (Lipinski definition) is 0. The molecule has 2 heterocycles. The Hall–Kier alpha value is -0.500. The van der Waals surface area contributed by atoms with E-state index in [9.17, 15) is 8.42 Å². The van der Waals surface area contributed by atoms with Crippen LogP contribution in [0.4, 0.5) is 0 Å². The second kappa shape index (κ2) is 7.17. The van der Waals surface area contributed by atoms with Gasteiger partial charge in [-0.25, -0.2) is 13.4 Å². The smallest absolute Gasteiger partial charge is 0.151 e. The van der Waals surface area contributed by atoms with Crippen LogP contribution in [0.5, 0.6) is 0 Å². The van der Waals surface area contributed by atoms with E-state index in [0.717, 1.165) is 36.6 Å². The molecule has 5 nitrogen and oxygen atoms in total. The van der Waals surface area contributed by atoms with Crippen LogP contribution in [-0.2, 0) is 21.1 Å². The van der Waals surface area contributed by atoms with Gasteiger partial charge >= 0.3 is 0 Å². The van der Waals surface area contributed by atoms with Gasteiger partial charge in [-0.15, -0.1) is 11.3 Å². The molecule has 0 saturated carbocycles. The van der Waals surface area contributed by atoms with Gasteiger partial charge in [-0.2, -0.15) is 0 Å². The summed E-state index contributed by atoms with van der Waals surface area (Å²) in [7, 11) is -1.16. The number of rotatable bonds is 7. The number of aromatic nitrogens is 1. The largest absolute Gasteiger partial charge is 0.385 e. The van der Waals surface area contributed by atoms with E-state index in [1.165, 1.54) is 4.88 Å². The lowest BCUT2D eigenvalue weighted by atomic mass is 10.2. The van der Waals surface area contributed by atoms with Gasteiger partial charge in [0.05, 0.1) is 23.7 Å². The highest BCUT2D eigenvalue weighted by atomic mass is 32.2. The minimum Gasteiger partial charge on any atom is -0.385 e. The van der Waals surface area contributed by atoms with Crippen molar-refractivity contribution in [1.29, 1.82) is 0 Å². The van der Waals surface area contributed by atoms with Crippen LogP contribution < -0.4 is 0 Å². The van der Waals surface area contributed by atoms with Gasteiger partial charge in [-0.3, -0.25) is 4.90 Å². The van der Waals surface area contributed by atoms with Crippen LogP contribution in [0.2, 0.25) is 0 Å². The molecule has 21 heavy (non-hydrogen) atoms. The summed E-state index contributed by atoms with van der Waals surface area (Å²) < 4.78 is 28.6. The monoisotopic (exact) mass is 332 g/mol. The van der Waals surface area contributed by atoms with Crippen molar-refractivity contribution in [2.45, 2.75) is 39.3 Å². The third-order valence-corrected chi connectivity index (χ3v) is 6.74. The maximum atomic E-state index is 11.7. The highest BCUT2D eigenvalue weighted by Gasteiger charge is 2.32. The SMILES string of the molecule is COCCCN(Cc1nc(C)c(C)s1)C1CCS(=O)(=O)C1.